The minimum atomic E-state index is -3.99. The monoisotopic (exact) mass is 330 g/mol. The summed E-state index contributed by atoms with van der Waals surface area (Å²) in [6, 6.07) is 2.52. The lowest BCUT2D eigenvalue weighted by molar-refractivity contribution is -0.145. The molecule has 1 unspecified atom stereocenters. The van der Waals surface area contributed by atoms with Crippen LogP contribution >= 0.6 is 33.9 Å². The van der Waals surface area contributed by atoms with Gasteiger partial charge in [0.15, 0.2) is 0 Å². The van der Waals surface area contributed by atoms with Crippen LogP contribution in [0, 0.1) is 0 Å². The van der Waals surface area contributed by atoms with Crippen molar-refractivity contribution in [1.29, 1.82) is 0 Å². The average Bonchev–Trinajstić information content (AvgIpc) is 2.13. The van der Waals surface area contributed by atoms with Crippen molar-refractivity contribution in [2.24, 2.45) is 0 Å². The Labute approximate surface area is 119 Å². The molecule has 0 amide bonds. The van der Waals surface area contributed by atoms with E-state index in [-0.39, 0.29) is 20.5 Å². The molecule has 0 heterocycles. The van der Waals surface area contributed by atoms with E-state index in [9.17, 15) is 13.2 Å². The van der Waals surface area contributed by atoms with Crippen LogP contribution in [0.1, 0.15) is 25.5 Å². The molecule has 0 saturated heterocycles. The van der Waals surface area contributed by atoms with Crippen LogP contribution in [0.2, 0.25) is 10.0 Å². The fraction of sp³-hybridized carbons (Fsp3) is 0.300. The molecule has 0 spiro atoms. The Morgan fingerprint density at radius 2 is 1.89 bits per heavy atom. The number of hydrogen-bond donors (Lipinski definition) is 0. The van der Waals surface area contributed by atoms with Gasteiger partial charge in [-0.05, 0) is 19.1 Å². The van der Waals surface area contributed by atoms with Gasteiger partial charge in [0, 0.05) is 28.2 Å². The number of esters is 1. The van der Waals surface area contributed by atoms with Gasteiger partial charge in [-0.1, -0.05) is 23.2 Å². The molecule has 18 heavy (non-hydrogen) atoms. The number of rotatable bonds is 3. The summed E-state index contributed by atoms with van der Waals surface area (Å²) in [6.07, 6.45) is -0.777. The van der Waals surface area contributed by atoms with Crippen LogP contribution in [0.3, 0.4) is 0 Å². The summed E-state index contributed by atoms with van der Waals surface area (Å²) in [5, 5.41) is 0.0454. The fourth-order valence-corrected chi connectivity index (χ4v) is 3.46. The topological polar surface area (TPSA) is 60.4 Å². The van der Waals surface area contributed by atoms with E-state index in [0.29, 0.717) is 0 Å². The van der Waals surface area contributed by atoms with E-state index < -0.39 is 21.1 Å². The molecule has 0 radical (unpaired) electrons. The Morgan fingerprint density at radius 3 is 2.33 bits per heavy atom. The molecule has 1 aromatic rings. The van der Waals surface area contributed by atoms with Crippen LogP contribution in [0.15, 0.2) is 17.0 Å². The van der Waals surface area contributed by atoms with E-state index in [4.69, 9.17) is 38.6 Å². The SMILES string of the molecule is CC(=O)OC(C)c1c(Cl)ccc(S(=O)(=O)Cl)c1Cl. The quantitative estimate of drug-likeness (QED) is 0.628. The highest BCUT2D eigenvalue weighted by molar-refractivity contribution is 8.13. The van der Waals surface area contributed by atoms with Crippen molar-refractivity contribution in [2.45, 2.75) is 24.8 Å². The van der Waals surface area contributed by atoms with Gasteiger partial charge in [0.1, 0.15) is 11.0 Å². The van der Waals surface area contributed by atoms with E-state index in [1.807, 2.05) is 0 Å². The molecule has 0 aliphatic carbocycles. The third-order valence-corrected chi connectivity index (χ3v) is 4.32. The number of ether oxygens (including phenoxy) is 1. The van der Waals surface area contributed by atoms with Crippen molar-refractivity contribution in [1.82, 2.24) is 0 Å². The molecule has 0 saturated carbocycles. The zero-order chi connectivity index (χ0) is 14.1. The zero-order valence-electron chi connectivity index (χ0n) is 9.41. The lowest BCUT2D eigenvalue weighted by Crippen LogP contribution is -2.07. The fourth-order valence-electron chi connectivity index (χ4n) is 1.42. The van der Waals surface area contributed by atoms with Crippen molar-refractivity contribution in [3.8, 4) is 0 Å². The van der Waals surface area contributed by atoms with Crippen LogP contribution in [0.25, 0.3) is 0 Å². The lowest BCUT2D eigenvalue weighted by Gasteiger charge is -2.16. The lowest BCUT2D eigenvalue weighted by atomic mass is 10.1. The number of benzene rings is 1. The highest BCUT2D eigenvalue weighted by Gasteiger charge is 2.24. The van der Waals surface area contributed by atoms with E-state index in [2.05, 4.69) is 0 Å². The highest BCUT2D eigenvalue weighted by Crippen LogP contribution is 2.37. The van der Waals surface area contributed by atoms with E-state index in [1.54, 1.807) is 0 Å². The number of hydrogen-bond acceptors (Lipinski definition) is 4. The molecule has 0 aliphatic heterocycles. The second-order valence-corrected chi connectivity index (χ2v) is 6.78. The Hall–Kier alpha value is -0.490. The zero-order valence-corrected chi connectivity index (χ0v) is 12.5. The summed E-state index contributed by atoms with van der Waals surface area (Å²) >= 11 is 11.9. The maximum atomic E-state index is 11.3. The third-order valence-electron chi connectivity index (χ3n) is 2.10. The van der Waals surface area contributed by atoms with Crippen molar-refractivity contribution in [2.75, 3.05) is 0 Å². The molecule has 0 fully saturated rings. The van der Waals surface area contributed by atoms with E-state index >= 15 is 0 Å². The first kappa shape index (κ1) is 15.6. The van der Waals surface area contributed by atoms with Gasteiger partial charge in [0.25, 0.3) is 9.05 Å². The molecule has 0 bridgehead atoms. The van der Waals surface area contributed by atoms with Gasteiger partial charge in [-0.2, -0.15) is 0 Å². The second kappa shape index (κ2) is 5.65. The van der Waals surface area contributed by atoms with Gasteiger partial charge in [-0.15, -0.1) is 0 Å². The number of carbonyl (C=O) groups excluding carboxylic acids is 1. The normalized spacial score (nSPS) is 13.2. The van der Waals surface area contributed by atoms with E-state index in [1.165, 1.54) is 26.0 Å². The Morgan fingerprint density at radius 1 is 1.33 bits per heavy atom. The standard InChI is InChI=1S/C10H9Cl3O4S/c1-5(17-6(2)14)9-7(11)3-4-8(10(9)12)18(13,15)16/h3-5H,1-2H3. The number of carbonyl (C=O) groups is 1. The molecular weight excluding hydrogens is 323 g/mol. The van der Waals surface area contributed by atoms with Gasteiger partial charge in [-0.25, -0.2) is 8.42 Å². The first-order valence-corrected chi connectivity index (χ1v) is 7.81. The van der Waals surface area contributed by atoms with Gasteiger partial charge in [0.05, 0.1) is 5.02 Å². The minimum absolute atomic E-state index is 0.147. The summed E-state index contributed by atoms with van der Waals surface area (Å²) in [5.74, 6) is -0.534. The Balaban J connectivity index is 3.40. The third kappa shape index (κ3) is 3.51. The predicted octanol–water partition coefficient (Wildman–Crippen LogP) is 3.55. The van der Waals surface area contributed by atoms with Gasteiger partial charge < -0.3 is 4.74 Å². The smallest absolute Gasteiger partial charge is 0.303 e. The molecular formula is C10H9Cl3O4S. The largest absolute Gasteiger partial charge is 0.458 e. The first-order valence-electron chi connectivity index (χ1n) is 4.74. The summed E-state index contributed by atoms with van der Waals surface area (Å²) in [6.45, 7) is 2.75. The average molecular weight is 332 g/mol. The van der Waals surface area contributed by atoms with Crippen molar-refractivity contribution in [3.05, 3.63) is 27.7 Å². The van der Waals surface area contributed by atoms with Crippen LogP contribution in [0.5, 0.6) is 0 Å². The minimum Gasteiger partial charge on any atom is -0.458 e. The van der Waals surface area contributed by atoms with Gasteiger partial charge in [-0.3, -0.25) is 4.79 Å². The summed E-state index contributed by atoms with van der Waals surface area (Å²) in [4.78, 5) is 10.6. The van der Waals surface area contributed by atoms with Crippen LogP contribution in [0.4, 0.5) is 0 Å². The van der Waals surface area contributed by atoms with E-state index in [0.717, 1.165) is 0 Å². The van der Waals surface area contributed by atoms with Crippen molar-refractivity contribution >= 4 is 48.9 Å². The number of halogens is 3. The summed E-state index contributed by atoms with van der Waals surface area (Å²) < 4.78 is 27.5. The van der Waals surface area contributed by atoms with Gasteiger partial charge in [0.2, 0.25) is 0 Å². The maximum absolute atomic E-state index is 11.3. The molecule has 0 N–H and O–H groups in total. The van der Waals surface area contributed by atoms with Gasteiger partial charge >= 0.3 is 5.97 Å². The molecule has 4 nitrogen and oxygen atoms in total. The van der Waals surface area contributed by atoms with Crippen LogP contribution < -0.4 is 0 Å². The summed E-state index contributed by atoms with van der Waals surface area (Å²) in [7, 11) is 1.24. The molecule has 100 valence electrons. The molecule has 0 aliphatic rings. The van der Waals surface area contributed by atoms with Crippen LogP contribution in [-0.4, -0.2) is 14.4 Å². The second-order valence-electron chi connectivity index (χ2n) is 3.46. The highest BCUT2D eigenvalue weighted by atomic mass is 35.7. The molecule has 1 atom stereocenters. The molecule has 8 heteroatoms. The van der Waals surface area contributed by atoms with Crippen molar-refractivity contribution < 1.29 is 17.9 Å². The molecule has 1 rings (SSSR count). The first-order chi connectivity index (χ1) is 8.14. The predicted molar refractivity (Wildman–Crippen MR) is 69.7 cm³/mol. The Kier molecular flexibility index (Phi) is 4.89. The Bertz CT molecular complexity index is 583. The summed E-state index contributed by atoms with van der Waals surface area (Å²) in [5.41, 5.74) is 0.204. The molecule has 0 aromatic heterocycles. The van der Waals surface area contributed by atoms with Crippen molar-refractivity contribution in [3.63, 3.8) is 0 Å². The van der Waals surface area contributed by atoms with Crippen LogP contribution in [-0.2, 0) is 18.6 Å². The molecule has 1 aromatic carbocycles. The maximum Gasteiger partial charge on any atom is 0.303 e.